The Hall–Kier alpha value is -2.97. The molecule has 0 amide bonds. The standard InChI is InChI=1S/C33H34O5S/c34-30-32(37-23-27-17-9-3-10-18-27)31(36-22-26-15-7-2-8-16-26)29(24-35-21-25-13-5-1-6-14-25)38-33(30)39-28-19-11-4-12-20-28/h1-20,29-34H,21-24H2/t29-,30+,31-,32-,33-/m0/s1. The molecule has 0 unspecified atom stereocenters. The maximum Gasteiger partial charge on any atom is 0.136 e. The van der Waals surface area contributed by atoms with E-state index in [1.54, 1.807) is 0 Å². The van der Waals surface area contributed by atoms with E-state index in [9.17, 15) is 5.11 Å². The molecular formula is C33H34O5S. The van der Waals surface area contributed by atoms with Gasteiger partial charge in [-0.05, 0) is 28.8 Å². The Labute approximate surface area is 234 Å². The maximum absolute atomic E-state index is 11.6. The van der Waals surface area contributed by atoms with Crippen molar-refractivity contribution in [3.05, 3.63) is 138 Å². The predicted molar refractivity (Wildman–Crippen MR) is 153 cm³/mol. The average molecular weight is 543 g/mol. The lowest BCUT2D eigenvalue weighted by Crippen LogP contribution is -2.59. The van der Waals surface area contributed by atoms with Gasteiger partial charge in [-0.2, -0.15) is 0 Å². The minimum Gasteiger partial charge on any atom is -0.387 e. The Kier molecular flexibility index (Phi) is 10.2. The first-order valence-electron chi connectivity index (χ1n) is 13.2. The Morgan fingerprint density at radius 3 is 1.59 bits per heavy atom. The van der Waals surface area contributed by atoms with Crippen LogP contribution in [0.4, 0.5) is 0 Å². The SMILES string of the molecule is O[C@@H]1[C@H](OCc2ccccc2)[C@@H](OCc2ccccc2)[C@H](COCc2ccccc2)O[C@H]1Sc1ccccc1. The van der Waals surface area contributed by atoms with Crippen molar-refractivity contribution in [2.75, 3.05) is 6.61 Å². The van der Waals surface area contributed by atoms with Gasteiger partial charge in [-0.15, -0.1) is 0 Å². The second kappa shape index (κ2) is 14.4. The number of hydrogen-bond acceptors (Lipinski definition) is 6. The highest BCUT2D eigenvalue weighted by molar-refractivity contribution is 7.99. The van der Waals surface area contributed by atoms with Gasteiger partial charge in [0.05, 0.1) is 26.4 Å². The normalized spacial score (nSPS) is 22.9. The second-order valence-electron chi connectivity index (χ2n) is 9.49. The minimum atomic E-state index is -0.912. The molecule has 1 aliphatic rings. The van der Waals surface area contributed by atoms with Crippen molar-refractivity contribution in [3.63, 3.8) is 0 Å². The molecule has 0 bridgehead atoms. The topological polar surface area (TPSA) is 57.2 Å². The molecule has 1 aliphatic heterocycles. The molecule has 0 spiro atoms. The predicted octanol–water partition coefficient (Wildman–Crippen LogP) is 6.25. The molecule has 1 saturated heterocycles. The number of hydrogen-bond donors (Lipinski definition) is 1. The molecule has 4 aromatic carbocycles. The van der Waals surface area contributed by atoms with Crippen LogP contribution in [0.15, 0.2) is 126 Å². The van der Waals surface area contributed by atoms with Crippen LogP contribution in [0.1, 0.15) is 16.7 Å². The van der Waals surface area contributed by atoms with Crippen molar-refractivity contribution in [3.8, 4) is 0 Å². The molecule has 4 aromatic rings. The van der Waals surface area contributed by atoms with Crippen LogP contribution in [0.25, 0.3) is 0 Å². The third-order valence-corrected chi connectivity index (χ3v) is 7.74. The summed E-state index contributed by atoms with van der Waals surface area (Å²) in [5.74, 6) is 0. The number of thioether (sulfide) groups is 1. The summed E-state index contributed by atoms with van der Waals surface area (Å²) in [5.41, 5.74) is 2.61. The van der Waals surface area contributed by atoms with Gasteiger partial charge in [-0.25, -0.2) is 0 Å². The molecule has 0 saturated carbocycles. The van der Waals surface area contributed by atoms with E-state index >= 15 is 0 Å². The molecule has 0 radical (unpaired) electrons. The second-order valence-corrected chi connectivity index (χ2v) is 10.7. The van der Waals surface area contributed by atoms with Crippen LogP contribution in [0.5, 0.6) is 0 Å². The zero-order valence-corrected chi connectivity index (χ0v) is 22.6. The number of aliphatic hydroxyl groups excluding tert-OH is 1. The summed E-state index contributed by atoms with van der Waals surface area (Å²) in [4.78, 5) is 1.01. The first-order chi connectivity index (χ1) is 19.3. The largest absolute Gasteiger partial charge is 0.387 e. The molecule has 6 heteroatoms. The molecule has 5 nitrogen and oxygen atoms in total. The molecule has 5 rings (SSSR count). The van der Waals surface area contributed by atoms with Crippen LogP contribution in [0.2, 0.25) is 0 Å². The smallest absolute Gasteiger partial charge is 0.136 e. The van der Waals surface area contributed by atoms with Crippen molar-refractivity contribution in [1.29, 1.82) is 0 Å². The van der Waals surface area contributed by atoms with Crippen molar-refractivity contribution in [2.45, 2.75) is 54.6 Å². The lowest BCUT2D eigenvalue weighted by molar-refractivity contribution is -0.243. The Morgan fingerprint density at radius 2 is 1.05 bits per heavy atom. The van der Waals surface area contributed by atoms with E-state index in [4.69, 9.17) is 18.9 Å². The molecular weight excluding hydrogens is 508 g/mol. The van der Waals surface area contributed by atoms with Gasteiger partial charge < -0.3 is 24.1 Å². The fourth-order valence-electron chi connectivity index (χ4n) is 4.55. The fourth-order valence-corrected chi connectivity index (χ4v) is 5.63. The van der Waals surface area contributed by atoms with E-state index in [0.717, 1.165) is 21.6 Å². The monoisotopic (exact) mass is 542 g/mol. The van der Waals surface area contributed by atoms with E-state index in [1.165, 1.54) is 11.8 Å². The summed E-state index contributed by atoms with van der Waals surface area (Å²) in [6.45, 7) is 1.49. The Balaban J connectivity index is 1.37. The van der Waals surface area contributed by atoms with Gasteiger partial charge >= 0.3 is 0 Å². The lowest BCUT2D eigenvalue weighted by atomic mass is 9.99. The summed E-state index contributed by atoms with van der Waals surface area (Å²) in [7, 11) is 0. The molecule has 1 fully saturated rings. The summed E-state index contributed by atoms with van der Waals surface area (Å²) in [6, 6.07) is 40.0. The highest BCUT2D eigenvalue weighted by Crippen LogP contribution is 2.36. The van der Waals surface area contributed by atoms with Crippen molar-refractivity contribution in [2.24, 2.45) is 0 Å². The van der Waals surface area contributed by atoms with Gasteiger partial charge in [0.2, 0.25) is 0 Å². The minimum absolute atomic E-state index is 0.304. The van der Waals surface area contributed by atoms with Gasteiger partial charge in [0.1, 0.15) is 29.9 Å². The van der Waals surface area contributed by atoms with Crippen LogP contribution >= 0.6 is 11.8 Å². The van der Waals surface area contributed by atoms with Crippen LogP contribution in [-0.4, -0.2) is 41.6 Å². The fraction of sp³-hybridized carbons (Fsp3) is 0.273. The van der Waals surface area contributed by atoms with Crippen molar-refractivity contribution < 1.29 is 24.1 Å². The zero-order valence-electron chi connectivity index (χ0n) is 21.8. The highest BCUT2D eigenvalue weighted by atomic mass is 32.2. The summed E-state index contributed by atoms with van der Waals surface area (Å²) < 4.78 is 25.5. The van der Waals surface area contributed by atoms with E-state index in [-0.39, 0.29) is 0 Å². The van der Waals surface area contributed by atoms with Gasteiger partial charge in [-0.3, -0.25) is 0 Å². The average Bonchev–Trinajstić information content (AvgIpc) is 2.99. The van der Waals surface area contributed by atoms with Gasteiger partial charge in [-0.1, -0.05) is 121 Å². The van der Waals surface area contributed by atoms with Crippen LogP contribution < -0.4 is 0 Å². The summed E-state index contributed by atoms with van der Waals surface area (Å²) >= 11 is 1.48. The third kappa shape index (κ3) is 8.02. The first kappa shape index (κ1) is 27.6. The first-order valence-corrected chi connectivity index (χ1v) is 14.1. The van der Waals surface area contributed by atoms with E-state index in [1.807, 2.05) is 121 Å². The van der Waals surface area contributed by atoms with Crippen molar-refractivity contribution in [1.82, 2.24) is 0 Å². The van der Waals surface area contributed by atoms with Crippen LogP contribution in [0, 0.1) is 0 Å². The molecule has 1 N–H and O–H groups in total. The number of benzene rings is 4. The Morgan fingerprint density at radius 1 is 0.590 bits per heavy atom. The number of rotatable bonds is 12. The number of ether oxygens (including phenoxy) is 4. The molecule has 202 valence electrons. The quantitative estimate of drug-likeness (QED) is 0.228. The molecule has 5 atom stereocenters. The molecule has 39 heavy (non-hydrogen) atoms. The summed E-state index contributed by atoms with van der Waals surface area (Å²) in [5, 5.41) is 11.6. The van der Waals surface area contributed by atoms with Gasteiger partial charge in [0.15, 0.2) is 0 Å². The van der Waals surface area contributed by atoms with E-state index < -0.39 is 29.9 Å². The molecule has 1 heterocycles. The van der Waals surface area contributed by atoms with Crippen molar-refractivity contribution >= 4 is 11.8 Å². The summed E-state index contributed by atoms with van der Waals surface area (Å²) in [6.07, 6.45) is -2.51. The van der Waals surface area contributed by atoms with Gasteiger partial charge in [0.25, 0.3) is 0 Å². The van der Waals surface area contributed by atoms with E-state index in [0.29, 0.717) is 26.4 Å². The third-order valence-electron chi connectivity index (χ3n) is 6.57. The van der Waals surface area contributed by atoms with Crippen LogP contribution in [0.3, 0.4) is 0 Å². The van der Waals surface area contributed by atoms with E-state index in [2.05, 4.69) is 0 Å². The van der Waals surface area contributed by atoms with Gasteiger partial charge in [0, 0.05) is 4.90 Å². The molecule has 0 aliphatic carbocycles. The van der Waals surface area contributed by atoms with Crippen LogP contribution in [-0.2, 0) is 38.8 Å². The zero-order chi connectivity index (χ0) is 26.7. The number of aliphatic hydroxyl groups is 1. The molecule has 0 aromatic heterocycles. The lowest BCUT2D eigenvalue weighted by Gasteiger charge is -2.44. The highest BCUT2D eigenvalue weighted by Gasteiger charge is 2.47. The Bertz CT molecular complexity index is 1230. The maximum atomic E-state index is 11.6.